The van der Waals surface area contributed by atoms with Crippen LogP contribution in [0, 0.1) is 10.1 Å². The average molecular weight is 375 g/mol. The normalized spacial score (nSPS) is 10.6. The summed E-state index contributed by atoms with van der Waals surface area (Å²) in [5, 5.41) is 14.2. The van der Waals surface area contributed by atoms with Crippen LogP contribution >= 0.6 is 0 Å². The van der Waals surface area contributed by atoms with Crippen LogP contribution in [0.5, 0.6) is 5.75 Å². The first-order chi connectivity index (χ1) is 13.6. The molecule has 0 aliphatic heterocycles. The summed E-state index contributed by atoms with van der Waals surface area (Å²) in [6, 6.07) is 17.2. The molecule has 0 aliphatic carbocycles. The van der Waals surface area contributed by atoms with E-state index in [0.717, 1.165) is 5.69 Å². The second kappa shape index (κ2) is 8.59. The van der Waals surface area contributed by atoms with E-state index in [-0.39, 0.29) is 17.2 Å². The van der Waals surface area contributed by atoms with E-state index in [1.165, 1.54) is 31.4 Å². The highest BCUT2D eigenvalue weighted by molar-refractivity contribution is 6.10. The number of ketones is 1. The fourth-order valence-electron chi connectivity index (χ4n) is 2.58. The molecule has 0 atom stereocenters. The molecule has 0 bridgehead atoms. The Labute approximate surface area is 161 Å². The molecule has 1 heterocycles. The first-order valence-electron chi connectivity index (χ1n) is 8.40. The Bertz CT molecular complexity index is 1030. The van der Waals surface area contributed by atoms with Gasteiger partial charge in [-0.15, -0.1) is 0 Å². The van der Waals surface area contributed by atoms with Crippen LogP contribution in [0.1, 0.15) is 15.9 Å². The summed E-state index contributed by atoms with van der Waals surface area (Å²) in [4.78, 5) is 27.5. The first kappa shape index (κ1) is 18.8. The molecule has 0 aliphatic rings. The molecule has 7 heteroatoms. The van der Waals surface area contributed by atoms with Crippen molar-refractivity contribution in [3.05, 3.63) is 94.2 Å². The highest BCUT2D eigenvalue weighted by Crippen LogP contribution is 2.28. The SMILES string of the molecule is COc1ccc(C=CC(=O)c2cccnc2Nc2ccccc2)cc1[N+](=O)[O-]. The van der Waals surface area contributed by atoms with E-state index < -0.39 is 4.92 Å². The fraction of sp³-hybridized carbons (Fsp3) is 0.0476. The van der Waals surface area contributed by atoms with E-state index in [1.54, 1.807) is 24.4 Å². The lowest BCUT2D eigenvalue weighted by molar-refractivity contribution is -0.385. The number of nitro groups is 1. The number of carbonyl (C=O) groups excluding carboxylic acids is 1. The van der Waals surface area contributed by atoms with Gasteiger partial charge in [-0.2, -0.15) is 0 Å². The summed E-state index contributed by atoms with van der Waals surface area (Å²) in [7, 11) is 1.37. The van der Waals surface area contributed by atoms with Crippen molar-refractivity contribution in [3.63, 3.8) is 0 Å². The number of hydrogen-bond donors (Lipinski definition) is 1. The van der Waals surface area contributed by atoms with Crippen molar-refractivity contribution in [1.82, 2.24) is 4.98 Å². The molecule has 28 heavy (non-hydrogen) atoms. The molecule has 3 rings (SSSR count). The number of allylic oxidation sites excluding steroid dienone is 1. The Morgan fingerprint density at radius 3 is 2.64 bits per heavy atom. The molecule has 1 N–H and O–H groups in total. The molecule has 0 amide bonds. The topological polar surface area (TPSA) is 94.4 Å². The lowest BCUT2D eigenvalue weighted by Crippen LogP contribution is -2.03. The zero-order valence-corrected chi connectivity index (χ0v) is 15.0. The Morgan fingerprint density at radius 2 is 1.93 bits per heavy atom. The molecule has 0 spiro atoms. The minimum Gasteiger partial charge on any atom is -0.490 e. The van der Waals surface area contributed by atoms with Gasteiger partial charge in [0, 0.05) is 18.0 Å². The molecule has 0 unspecified atom stereocenters. The zero-order chi connectivity index (χ0) is 19.9. The van der Waals surface area contributed by atoms with Crippen LogP contribution in [0.3, 0.4) is 0 Å². The van der Waals surface area contributed by atoms with Gasteiger partial charge in [0.2, 0.25) is 0 Å². The Balaban J connectivity index is 1.84. The molecule has 3 aromatic rings. The van der Waals surface area contributed by atoms with Crippen LogP contribution in [-0.4, -0.2) is 22.8 Å². The van der Waals surface area contributed by atoms with Gasteiger partial charge in [0.25, 0.3) is 0 Å². The molecular weight excluding hydrogens is 358 g/mol. The molecule has 1 aromatic heterocycles. The second-order valence-electron chi connectivity index (χ2n) is 5.78. The number of rotatable bonds is 7. The highest BCUT2D eigenvalue weighted by atomic mass is 16.6. The largest absolute Gasteiger partial charge is 0.490 e. The lowest BCUT2D eigenvalue weighted by Gasteiger charge is -2.08. The van der Waals surface area contributed by atoms with Crippen LogP contribution < -0.4 is 10.1 Å². The fourth-order valence-corrected chi connectivity index (χ4v) is 2.58. The number of ether oxygens (including phenoxy) is 1. The monoisotopic (exact) mass is 375 g/mol. The van der Waals surface area contributed by atoms with E-state index in [0.29, 0.717) is 16.9 Å². The average Bonchev–Trinajstić information content (AvgIpc) is 2.73. The molecule has 0 saturated carbocycles. The predicted octanol–water partition coefficient (Wildman–Crippen LogP) is 4.64. The maximum Gasteiger partial charge on any atom is 0.311 e. The van der Waals surface area contributed by atoms with Gasteiger partial charge >= 0.3 is 5.69 Å². The lowest BCUT2D eigenvalue weighted by atomic mass is 10.1. The smallest absolute Gasteiger partial charge is 0.311 e. The Hall–Kier alpha value is -4.00. The third-order valence-corrected chi connectivity index (χ3v) is 3.94. The quantitative estimate of drug-likeness (QED) is 0.280. The third-order valence-electron chi connectivity index (χ3n) is 3.94. The molecule has 2 aromatic carbocycles. The molecule has 0 radical (unpaired) electrons. The summed E-state index contributed by atoms with van der Waals surface area (Å²) >= 11 is 0. The van der Waals surface area contributed by atoms with E-state index in [9.17, 15) is 14.9 Å². The Morgan fingerprint density at radius 1 is 1.14 bits per heavy atom. The van der Waals surface area contributed by atoms with Crippen LogP contribution in [0.15, 0.2) is 72.9 Å². The van der Waals surface area contributed by atoms with Crippen molar-refractivity contribution in [1.29, 1.82) is 0 Å². The van der Waals surface area contributed by atoms with Gasteiger partial charge < -0.3 is 10.1 Å². The number of aromatic nitrogens is 1. The number of nitro benzene ring substituents is 1. The number of pyridine rings is 1. The second-order valence-corrected chi connectivity index (χ2v) is 5.78. The standard InChI is InChI=1S/C21H17N3O4/c1-28-20-12-10-15(14-18(20)24(26)27)9-11-19(25)17-8-5-13-22-21(17)23-16-6-3-2-4-7-16/h2-14H,1H3,(H,22,23). The summed E-state index contributed by atoms with van der Waals surface area (Å²) in [6.07, 6.45) is 4.48. The van der Waals surface area contributed by atoms with E-state index >= 15 is 0 Å². The van der Waals surface area contributed by atoms with E-state index in [4.69, 9.17) is 4.74 Å². The molecular formula is C21H17N3O4. The van der Waals surface area contributed by atoms with Gasteiger partial charge in [0.15, 0.2) is 11.5 Å². The number of carbonyl (C=O) groups is 1. The number of nitrogens with one attached hydrogen (secondary N) is 1. The van der Waals surface area contributed by atoms with Crippen LogP contribution in [0.2, 0.25) is 0 Å². The number of hydrogen-bond acceptors (Lipinski definition) is 6. The molecule has 140 valence electrons. The van der Waals surface area contributed by atoms with Gasteiger partial charge in [-0.1, -0.05) is 30.3 Å². The van der Waals surface area contributed by atoms with Crippen molar-refractivity contribution in [2.24, 2.45) is 0 Å². The van der Waals surface area contributed by atoms with E-state index in [2.05, 4.69) is 10.3 Å². The maximum absolute atomic E-state index is 12.6. The molecule has 0 fully saturated rings. The number of methoxy groups -OCH3 is 1. The van der Waals surface area contributed by atoms with E-state index in [1.807, 2.05) is 30.3 Å². The van der Waals surface area contributed by atoms with Gasteiger partial charge in [-0.3, -0.25) is 14.9 Å². The number of para-hydroxylation sites is 1. The maximum atomic E-state index is 12.6. The van der Waals surface area contributed by atoms with Crippen LogP contribution in [0.25, 0.3) is 6.08 Å². The summed E-state index contributed by atoms with van der Waals surface area (Å²) < 4.78 is 4.98. The zero-order valence-electron chi connectivity index (χ0n) is 15.0. The minimum atomic E-state index is -0.527. The summed E-state index contributed by atoms with van der Waals surface area (Å²) in [5.74, 6) is 0.323. The van der Waals surface area contributed by atoms with Crippen molar-refractivity contribution in [2.75, 3.05) is 12.4 Å². The third kappa shape index (κ3) is 4.39. The van der Waals surface area contributed by atoms with Gasteiger partial charge in [0.05, 0.1) is 17.6 Å². The highest BCUT2D eigenvalue weighted by Gasteiger charge is 2.15. The summed E-state index contributed by atoms with van der Waals surface area (Å²) in [6.45, 7) is 0. The number of benzene rings is 2. The van der Waals surface area contributed by atoms with Crippen molar-refractivity contribution in [2.45, 2.75) is 0 Å². The Kier molecular flexibility index (Phi) is 5.76. The van der Waals surface area contributed by atoms with Gasteiger partial charge in [-0.25, -0.2) is 4.98 Å². The van der Waals surface area contributed by atoms with Crippen LogP contribution in [-0.2, 0) is 0 Å². The van der Waals surface area contributed by atoms with Crippen molar-refractivity contribution >= 4 is 29.1 Å². The first-order valence-corrected chi connectivity index (χ1v) is 8.40. The van der Waals surface area contributed by atoms with Crippen molar-refractivity contribution in [3.8, 4) is 5.75 Å². The summed E-state index contributed by atoms with van der Waals surface area (Å²) in [5.41, 5.74) is 1.56. The number of nitrogens with zero attached hydrogens (tertiary/aromatic N) is 2. The molecule has 7 nitrogen and oxygen atoms in total. The van der Waals surface area contributed by atoms with Gasteiger partial charge in [0.1, 0.15) is 5.82 Å². The minimum absolute atomic E-state index is 0.162. The van der Waals surface area contributed by atoms with Crippen molar-refractivity contribution < 1.29 is 14.5 Å². The molecule has 0 saturated heterocycles. The number of anilines is 2. The van der Waals surface area contributed by atoms with Crippen LogP contribution in [0.4, 0.5) is 17.2 Å². The predicted molar refractivity (Wildman–Crippen MR) is 107 cm³/mol. The van der Waals surface area contributed by atoms with Gasteiger partial charge in [-0.05, 0) is 42.0 Å².